The van der Waals surface area contributed by atoms with Crippen molar-refractivity contribution in [3.8, 4) is 0 Å². The van der Waals surface area contributed by atoms with E-state index in [1.165, 1.54) is 19.4 Å². The Balaban J connectivity index is 2.14. The summed E-state index contributed by atoms with van der Waals surface area (Å²) >= 11 is 0. The molecule has 2 aromatic rings. The molecule has 0 spiro atoms. The molecule has 1 heterocycles. The van der Waals surface area contributed by atoms with Crippen LogP contribution in [0, 0.1) is 0 Å². The van der Waals surface area contributed by atoms with Crippen LogP contribution >= 0.6 is 0 Å². The van der Waals surface area contributed by atoms with Gasteiger partial charge in [-0.3, -0.25) is 9.52 Å². The average Bonchev–Trinajstić information content (AvgIpc) is 2.85. The van der Waals surface area contributed by atoms with Gasteiger partial charge in [-0.25, -0.2) is 4.98 Å². The van der Waals surface area contributed by atoms with E-state index in [-0.39, 0.29) is 10.9 Å². The Morgan fingerprint density at radius 3 is 2.37 bits per heavy atom. The summed E-state index contributed by atoms with van der Waals surface area (Å²) in [7, 11) is -3.66. The van der Waals surface area contributed by atoms with Crippen LogP contribution in [0.2, 0.25) is 0 Å². The highest BCUT2D eigenvalue weighted by molar-refractivity contribution is 7.92. The molecule has 1 aromatic heterocycles. The highest BCUT2D eigenvalue weighted by Gasteiger charge is 2.15. The number of aromatic nitrogens is 2. The molecule has 0 aliphatic rings. The number of hydrogen-bond acceptors (Lipinski definition) is 4. The smallest absolute Gasteiger partial charge is 0.278 e. The van der Waals surface area contributed by atoms with Crippen LogP contribution in [0.5, 0.6) is 0 Å². The first kappa shape index (κ1) is 13.1. The monoisotopic (exact) mass is 280 g/mol. The molecule has 7 nitrogen and oxygen atoms in total. The zero-order valence-electron chi connectivity index (χ0n) is 10.0. The number of benzene rings is 1. The number of aromatic amines is 1. The molecule has 0 aliphatic carbocycles. The molecular weight excluding hydrogens is 268 g/mol. The maximum absolute atomic E-state index is 11.9. The van der Waals surface area contributed by atoms with Gasteiger partial charge < -0.3 is 10.3 Å². The fourth-order valence-electron chi connectivity index (χ4n) is 1.43. The predicted octanol–water partition coefficient (Wildman–Crippen LogP) is 1.17. The van der Waals surface area contributed by atoms with Crippen molar-refractivity contribution in [2.45, 2.75) is 11.9 Å². The van der Waals surface area contributed by atoms with Crippen LogP contribution in [-0.4, -0.2) is 24.3 Å². The second-order valence-corrected chi connectivity index (χ2v) is 5.43. The van der Waals surface area contributed by atoms with E-state index >= 15 is 0 Å². The quantitative estimate of drug-likeness (QED) is 0.781. The number of nitrogens with zero attached hydrogens (tertiary/aromatic N) is 1. The van der Waals surface area contributed by atoms with Crippen LogP contribution in [0.25, 0.3) is 0 Å². The molecule has 1 aromatic carbocycles. The maximum atomic E-state index is 11.9. The zero-order valence-corrected chi connectivity index (χ0v) is 10.9. The van der Waals surface area contributed by atoms with Crippen molar-refractivity contribution in [1.82, 2.24) is 9.97 Å². The van der Waals surface area contributed by atoms with Gasteiger partial charge >= 0.3 is 0 Å². The lowest BCUT2D eigenvalue weighted by Crippen LogP contribution is -2.13. The van der Waals surface area contributed by atoms with Crippen molar-refractivity contribution in [2.75, 3.05) is 10.0 Å². The molecule has 0 aliphatic heterocycles. The summed E-state index contributed by atoms with van der Waals surface area (Å²) in [5.41, 5.74) is 0.987. The molecule has 1 amide bonds. The number of anilines is 2. The first-order chi connectivity index (χ1) is 8.97. The van der Waals surface area contributed by atoms with Gasteiger partial charge in [0.2, 0.25) is 5.91 Å². The van der Waals surface area contributed by atoms with Crippen LogP contribution in [0.4, 0.5) is 11.4 Å². The van der Waals surface area contributed by atoms with Crippen LogP contribution in [0.3, 0.4) is 0 Å². The number of amides is 1. The number of hydrogen-bond donors (Lipinski definition) is 3. The fraction of sp³-hybridized carbons (Fsp3) is 0.0909. The highest BCUT2D eigenvalue weighted by Crippen LogP contribution is 2.17. The largest absolute Gasteiger partial charge is 0.334 e. The molecule has 100 valence electrons. The molecule has 0 saturated carbocycles. The molecule has 3 N–H and O–H groups in total. The standard InChI is InChI=1S/C11H12N4O3S/c1-8(16)14-9-2-4-10(5-3-9)15-19(17,18)11-6-12-7-13-11/h2-7,15H,1H3,(H,12,13)(H,14,16). The van der Waals surface area contributed by atoms with E-state index in [2.05, 4.69) is 20.0 Å². The summed E-state index contributed by atoms with van der Waals surface area (Å²) in [6.07, 6.45) is 2.50. The minimum Gasteiger partial charge on any atom is -0.334 e. The fourth-order valence-corrected chi connectivity index (χ4v) is 2.39. The molecular formula is C11H12N4O3S. The number of nitrogens with one attached hydrogen (secondary N) is 3. The summed E-state index contributed by atoms with van der Waals surface area (Å²) in [5, 5.41) is 2.57. The Morgan fingerprint density at radius 2 is 1.84 bits per heavy atom. The van der Waals surface area contributed by atoms with Gasteiger partial charge in [0.25, 0.3) is 10.0 Å². The van der Waals surface area contributed by atoms with E-state index in [0.29, 0.717) is 11.4 Å². The topological polar surface area (TPSA) is 104 Å². The normalized spacial score (nSPS) is 11.0. The van der Waals surface area contributed by atoms with E-state index < -0.39 is 10.0 Å². The number of carbonyl (C=O) groups excluding carboxylic acids is 1. The zero-order chi connectivity index (χ0) is 13.9. The summed E-state index contributed by atoms with van der Waals surface area (Å²) in [6, 6.07) is 6.32. The molecule has 8 heteroatoms. The Morgan fingerprint density at radius 1 is 1.21 bits per heavy atom. The van der Waals surface area contributed by atoms with Crippen LogP contribution in [-0.2, 0) is 14.8 Å². The van der Waals surface area contributed by atoms with Gasteiger partial charge in [-0.05, 0) is 24.3 Å². The number of rotatable bonds is 4. The Labute approximate surface area is 110 Å². The lowest BCUT2D eigenvalue weighted by atomic mass is 10.3. The molecule has 2 rings (SSSR count). The van der Waals surface area contributed by atoms with E-state index in [0.717, 1.165) is 0 Å². The molecule has 0 atom stereocenters. The summed E-state index contributed by atoms with van der Waals surface area (Å²) in [6.45, 7) is 1.40. The molecule has 0 saturated heterocycles. The van der Waals surface area contributed by atoms with E-state index in [9.17, 15) is 13.2 Å². The first-order valence-corrected chi connectivity index (χ1v) is 6.84. The molecule has 19 heavy (non-hydrogen) atoms. The van der Waals surface area contributed by atoms with Crippen LogP contribution in [0.1, 0.15) is 6.92 Å². The maximum Gasteiger partial charge on any atom is 0.278 e. The SMILES string of the molecule is CC(=O)Nc1ccc(NS(=O)(=O)c2cnc[nH]2)cc1. The van der Waals surface area contributed by atoms with Crippen molar-refractivity contribution in [2.24, 2.45) is 0 Å². The Kier molecular flexibility index (Phi) is 3.52. The van der Waals surface area contributed by atoms with Crippen LogP contribution < -0.4 is 10.0 Å². The van der Waals surface area contributed by atoms with E-state index in [1.807, 2.05) is 0 Å². The average molecular weight is 280 g/mol. The lowest BCUT2D eigenvalue weighted by molar-refractivity contribution is -0.114. The second-order valence-electron chi connectivity index (χ2n) is 3.78. The van der Waals surface area contributed by atoms with Gasteiger partial charge in [0.1, 0.15) is 0 Å². The lowest BCUT2D eigenvalue weighted by Gasteiger charge is -2.07. The second kappa shape index (κ2) is 5.11. The van der Waals surface area contributed by atoms with Gasteiger partial charge in [-0.1, -0.05) is 0 Å². The third kappa shape index (κ3) is 3.32. The number of imidazole rings is 1. The minimum atomic E-state index is -3.66. The summed E-state index contributed by atoms with van der Waals surface area (Å²) < 4.78 is 26.1. The molecule has 0 bridgehead atoms. The third-order valence-electron chi connectivity index (χ3n) is 2.22. The molecule has 0 radical (unpaired) electrons. The van der Waals surface area contributed by atoms with Crippen molar-refractivity contribution in [3.05, 3.63) is 36.8 Å². The minimum absolute atomic E-state index is 0.0153. The van der Waals surface area contributed by atoms with Crippen LogP contribution in [0.15, 0.2) is 41.8 Å². The first-order valence-electron chi connectivity index (χ1n) is 5.36. The van der Waals surface area contributed by atoms with Gasteiger partial charge in [-0.2, -0.15) is 8.42 Å². The number of sulfonamides is 1. The van der Waals surface area contributed by atoms with Crippen molar-refractivity contribution >= 4 is 27.3 Å². The molecule has 0 fully saturated rings. The van der Waals surface area contributed by atoms with Crippen molar-refractivity contribution in [1.29, 1.82) is 0 Å². The number of carbonyl (C=O) groups is 1. The van der Waals surface area contributed by atoms with Gasteiger partial charge in [-0.15, -0.1) is 0 Å². The highest BCUT2D eigenvalue weighted by atomic mass is 32.2. The molecule has 0 unspecified atom stereocenters. The van der Waals surface area contributed by atoms with Crippen molar-refractivity contribution < 1.29 is 13.2 Å². The Bertz CT molecular complexity index is 662. The van der Waals surface area contributed by atoms with Gasteiger partial charge in [0.05, 0.1) is 12.5 Å². The Hall–Kier alpha value is -2.35. The number of H-pyrrole nitrogens is 1. The predicted molar refractivity (Wildman–Crippen MR) is 70.1 cm³/mol. The van der Waals surface area contributed by atoms with Gasteiger partial charge in [0.15, 0.2) is 5.03 Å². The van der Waals surface area contributed by atoms with Crippen molar-refractivity contribution in [3.63, 3.8) is 0 Å². The van der Waals surface area contributed by atoms with Gasteiger partial charge in [0, 0.05) is 18.3 Å². The third-order valence-corrected chi connectivity index (χ3v) is 3.53. The van der Waals surface area contributed by atoms with E-state index in [1.54, 1.807) is 24.3 Å². The van der Waals surface area contributed by atoms with E-state index in [4.69, 9.17) is 0 Å². The summed E-state index contributed by atoms with van der Waals surface area (Å²) in [4.78, 5) is 17.0. The summed E-state index contributed by atoms with van der Waals surface area (Å²) in [5.74, 6) is -0.189.